The van der Waals surface area contributed by atoms with Gasteiger partial charge in [0.1, 0.15) is 0 Å². The first kappa shape index (κ1) is 22.1. The molecule has 2 aliphatic rings. The normalized spacial score (nSPS) is 21.6. The fraction of sp³-hybridized carbons (Fsp3) is 0.684. The summed E-state index contributed by atoms with van der Waals surface area (Å²) in [5, 5.41) is 0.886. The lowest BCUT2D eigenvalue weighted by atomic mass is 9.76. The molecule has 1 unspecified atom stereocenters. The number of halogens is 3. The minimum absolute atomic E-state index is 0. The van der Waals surface area contributed by atoms with Crippen molar-refractivity contribution < 1.29 is 0 Å². The number of nitrogens with zero attached hydrogens (tertiary/aromatic N) is 2. The Morgan fingerprint density at radius 2 is 1.71 bits per heavy atom. The molecule has 1 aromatic rings. The maximum absolute atomic E-state index is 6.27. The van der Waals surface area contributed by atoms with Gasteiger partial charge in [-0.25, -0.2) is 0 Å². The zero-order valence-electron chi connectivity index (χ0n) is 14.6. The van der Waals surface area contributed by atoms with Crippen LogP contribution in [0.1, 0.15) is 43.6 Å². The van der Waals surface area contributed by atoms with E-state index >= 15 is 0 Å². The van der Waals surface area contributed by atoms with E-state index in [1.165, 1.54) is 70.4 Å². The fourth-order valence-electron chi connectivity index (χ4n) is 4.11. The molecule has 1 atom stereocenters. The molecule has 0 bridgehead atoms. The van der Waals surface area contributed by atoms with Crippen LogP contribution in [0.5, 0.6) is 0 Å². The van der Waals surface area contributed by atoms with E-state index in [9.17, 15) is 0 Å². The summed E-state index contributed by atoms with van der Waals surface area (Å²) in [7, 11) is 2.23. The van der Waals surface area contributed by atoms with Gasteiger partial charge in [-0.3, -0.25) is 0 Å². The maximum atomic E-state index is 6.27. The molecule has 0 radical (unpaired) electrons. The van der Waals surface area contributed by atoms with Crippen molar-refractivity contribution in [3.05, 3.63) is 34.9 Å². The highest BCUT2D eigenvalue weighted by Gasteiger charge is 2.28. The summed E-state index contributed by atoms with van der Waals surface area (Å²) in [6.45, 7) is 6.03. The summed E-state index contributed by atoms with van der Waals surface area (Å²) < 4.78 is 0. The van der Waals surface area contributed by atoms with Crippen LogP contribution in [0.4, 0.5) is 0 Å². The summed E-state index contributed by atoms with van der Waals surface area (Å²) >= 11 is 6.27. The van der Waals surface area contributed by atoms with Crippen molar-refractivity contribution in [2.24, 2.45) is 5.92 Å². The quantitative estimate of drug-likeness (QED) is 0.702. The van der Waals surface area contributed by atoms with Crippen molar-refractivity contribution in [3.63, 3.8) is 0 Å². The molecule has 24 heavy (non-hydrogen) atoms. The third kappa shape index (κ3) is 6.07. The van der Waals surface area contributed by atoms with Crippen molar-refractivity contribution in [2.45, 2.75) is 38.0 Å². The van der Waals surface area contributed by atoms with Gasteiger partial charge < -0.3 is 9.80 Å². The first-order valence-corrected chi connectivity index (χ1v) is 9.26. The summed E-state index contributed by atoms with van der Waals surface area (Å²) in [6, 6.07) is 8.62. The number of rotatable bonds is 4. The highest BCUT2D eigenvalue weighted by molar-refractivity contribution is 6.30. The number of hydrogen-bond donors (Lipinski definition) is 0. The van der Waals surface area contributed by atoms with E-state index in [1.807, 2.05) is 6.07 Å². The lowest BCUT2D eigenvalue weighted by molar-refractivity contribution is 0.131. The highest BCUT2D eigenvalue weighted by atomic mass is 35.5. The molecule has 0 aromatic heterocycles. The molecule has 1 aliphatic heterocycles. The Morgan fingerprint density at radius 3 is 2.33 bits per heavy atom. The third-order valence-electron chi connectivity index (χ3n) is 5.55. The summed E-state index contributed by atoms with van der Waals surface area (Å²) in [5.41, 5.74) is 1.46. The Bertz CT molecular complexity index is 469. The summed E-state index contributed by atoms with van der Waals surface area (Å²) in [4.78, 5) is 5.10. The Labute approximate surface area is 164 Å². The zero-order chi connectivity index (χ0) is 15.4. The van der Waals surface area contributed by atoms with Crippen LogP contribution in [0.3, 0.4) is 0 Å². The first-order chi connectivity index (χ1) is 10.7. The van der Waals surface area contributed by atoms with Gasteiger partial charge in [0.2, 0.25) is 0 Å². The van der Waals surface area contributed by atoms with Crippen LogP contribution < -0.4 is 0 Å². The monoisotopic (exact) mass is 392 g/mol. The van der Waals surface area contributed by atoms with Gasteiger partial charge in [0.25, 0.3) is 0 Å². The second-order valence-corrected chi connectivity index (χ2v) is 7.60. The molecule has 0 spiro atoms. The van der Waals surface area contributed by atoms with E-state index in [1.54, 1.807) is 0 Å². The second-order valence-electron chi connectivity index (χ2n) is 7.16. The number of benzene rings is 1. The van der Waals surface area contributed by atoms with E-state index in [0.29, 0.717) is 5.92 Å². The topological polar surface area (TPSA) is 6.48 Å². The van der Waals surface area contributed by atoms with Gasteiger partial charge in [0, 0.05) is 37.7 Å². The van der Waals surface area contributed by atoms with E-state index in [-0.39, 0.29) is 24.8 Å². The third-order valence-corrected chi connectivity index (χ3v) is 5.78. The van der Waals surface area contributed by atoms with Crippen LogP contribution in [0.25, 0.3) is 0 Å². The van der Waals surface area contributed by atoms with Crippen LogP contribution in [-0.2, 0) is 0 Å². The molecule has 1 aliphatic carbocycles. The average molecular weight is 394 g/mol. The molecule has 1 saturated carbocycles. The fourth-order valence-corrected chi connectivity index (χ4v) is 4.31. The predicted molar refractivity (Wildman–Crippen MR) is 109 cm³/mol. The first-order valence-electron chi connectivity index (χ1n) is 8.89. The number of hydrogen-bond acceptors (Lipinski definition) is 2. The molecule has 1 saturated heterocycles. The lowest BCUT2D eigenvalue weighted by Gasteiger charge is -2.38. The molecule has 5 heteroatoms. The zero-order valence-corrected chi connectivity index (χ0v) is 17.0. The Kier molecular flexibility index (Phi) is 10.00. The van der Waals surface area contributed by atoms with E-state index < -0.39 is 0 Å². The van der Waals surface area contributed by atoms with Crippen LogP contribution in [0.15, 0.2) is 24.3 Å². The Morgan fingerprint density at radius 1 is 1.04 bits per heavy atom. The van der Waals surface area contributed by atoms with Crippen molar-refractivity contribution in [1.29, 1.82) is 0 Å². The van der Waals surface area contributed by atoms with Crippen molar-refractivity contribution in [2.75, 3.05) is 39.8 Å². The largest absolute Gasteiger partial charge is 0.304 e. The molecule has 2 nitrogen and oxygen atoms in total. The van der Waals surface area contributed by atoms with Gasteiger partial charge in [-0.1, -0.05) is 43.0 Å². The molecule has 0 amide bonds. The molecular weight excluding hydrogens is 363 g/mol. The molecule has 2 fully saturated rings. The standard InChI is InChI=1S/C19H29ClN2.2ClH/c1-21-10-12-22(13-11-21)15-19(16-6-3-2-4-7-16)17-8-5-9-18(20)14-17;;/h5,8-9,14,16,19H,2-4,6-7,10-13,15H2,1H3;2*1H. The predicted octanol–water partition coefficient (Wildman–Crippen LogP) is 5.09. The number of likely N-dealkylation sites (N-methyl/N-ethyl adjacent to an activating group) is 1. The smallest absolute Gasteiger partial charge is 0.0408 e. The molecule has 0 N–H and O–H groups in total. The van der Waals surface area contributed by atoms with Crippen LogP contribution >= 0.6 is 36.4 Å². The van der Waals surface area contributed by atoms with Gasteiger partial charge in [-0.15, -0.1) is 24.8 Å². The van der Waals surface area contributed by atoms with Gasteiger partial charge in [0.15, 0.2) is 0 Å². The second kappa shape index (κ2) is 10.9. The molecular formula is C19H31Cl3N2. The lowest BCUT2D eigenvalue weighted by Crippen LogP contribution is -2.46. The molecule has 1 heterocycles. The van der Waals surface area contributed by atoms with E-state index in [4.69, 9.17) is 11.6 Å². The van der Waals surface area contributed by atoms with Crippen LogP contribution in [0.2, 0.25) is 5.02 Å². The minimum Gasteiger partial charge on any atom is -0.304 e. The maximum Gasteiger partial charge on any atom is 0.0408 e. The SMILES string of the molecule is CN1CCN(CC(c2cccc(Cl)c2)C2CCCCC2)CC1.Cl.Cl. The molecule has 1 aromatic carbocycles. The summed E-state index contributed by atoms with van der Waals surface area (Å²) in [5.74, 6) is 1.49. The van der Waals surface area contributed by atoms with Crippen molar-refractivity contribution >= 4 is 36.4 Å². The van der Waals surface area contributed by atoms with Gasteiger partial charge in [-0.05, 0) is 49.4 Å². The van der Waals surface area contributed by atoms with E-state index in [0.717, 1.165) is 10.9 Å². The highest BCUT2D eigenvalue weighted by Crippen LogP contribution is 2.37. The van der Waals surface area contributed by atoms with Crippen molar-refractivity contribution in [3.8, 4) is 0 Å². The molecule has 138 valence electrons. The van der Waals surface area contributed by atoms with E-state index in [2.05, 4.69) is 35.0 Å². The van der Waals surface area contributed by atoms with Gasteiger partial charge in [0.05, 0.1) is 0 Å². The van der Waals surface area contributed by atoms with Crippen molar-refractivity contribution in [1.82, 2.24) is 9.80 Å². The molecule has 3 rings (SSSR count). The Balaban J connectivity index is 0.00000144. The average Bonchev–Trinajstić information content (AvgIpc) is 2.55. The van der Waals surface area contributed by atoms with Crippen LogP contribution in [0, 0.1) is 5.92 Å². The van der Waals surface area contributed by atoms with Crippen LogP contribution in [-0.4, -0.2) is 49.6 Å². The minimum atomic E-state index is 0. The number of piperazine rings is 1. The van der Waals surface area contributed by atoms with Gasteiger partial charge in [-0.2, -0.15) is 0 Å². The van der Waals surface area contributed by atoms with Gasteiger partial charge >= 0.3 is 0 Å². The Hall–Kier alpha value is 0.01000. The summed E-state index contributed by atoms with van der Waals surface area (Å²) in [6.07, 6.45) is 7.03.